The van der Waals surface area contributed by atoms with E-state index in [9.17, 15) is 0 Å². The lowest BCUT2D eigenvalue weighted by molar-refractivity contribution is -0.00875. The fourth-order valence-electron chi connectivity index (χ4n) is 6.20. The highest BCUT2D eigenvalue weighted by Crippen LogP contribution is 2.36. The van der Waals surface area contributed by atoms with Crippen molar-refractivity contribution in [2.75, 3.05) is 18.0 Å². The normalized spacial score (nSPS) is 19.8. The van der Waals surface area contributed by atoms with Gasteiger partial charge < -0.3 is 9.64 Å². The maximum Gasteiger partial charge on any atom is 0.218 e. The highest BCUT2D eigenvalue weighted by Gasteiger charge is 2.44. The van der Waals surface area contributed by atoms with Gasteiger partial charge in [-0.1, -0.05) is 6.07 Å². The van der Waals surface area contributed by atoms with Crippen molar-refractivity contribution in [1.29, 1.82) is 0 Å². The molecule has 4 aliphatic rings. The van der Waals surface area contributed by atoms with Crippen LogP contribution >= 0.6 is 0 Å². The summed E-state index contributed by atoms with van der Waals surface area (Å²) < 4.78 is 7.74. The summed E-state index contributed by atoms with van der Waals surface area (Å²) in [5.41, 5.74) is 6.05. The Hall–Kier alpha value is -4.64. The average molecular weight is 575 g/mol. The number of aryl methyl sites for hydroxylation is 2. The molecular weight excluding hydrogens is 540 g/mol. The average Bonchev–Trinajstić information content (AvgIpc) is 3.56. The summed E-state index contributed by atoms with van der Waals surface area (Å²) in [6.45, 7) is 6.85. The van der Waals surface area contributed by atoms with Crippen LogP contribution < -0.4 is 9.64 Å². The van der Waals surface area contributed by atoms with Gasteiger partial charge in [0.05, 0.1) is 17.6 Å². The zero-order valence-electron chi connectivity index (χ0n) is 24.4. The van der Waals surface area contributed by atoms with Gasteiger partial charge in [-0.2, -0.15) is 14.9 Å². The van der Waals surface area contributed by atoms with Gasteiger partial charge in [0.2, 0.25) is 5.88 Å². The van der Waals surface area contributed by atoms with Crippen LogP contribution in [-0.4, -0.2) is 76.1 Å². The Kier molecular flexibility index (Phi) is 6.40. The molecule has 5 aromatic rings. The number of piperidine rings is 1. The van der Waals surface area contributed by atoms with Gasteiger partial charge in [-0.25, -0.2) is 19.9 Å². The number of pyridine rings is 2. The van der Waals surface area contributed by atoms with E-state index in [0.717, 1.165) is 78.3 Å². The molecule has 4 fully saturated rings. The second kappa shape index (κ2) is 10.6. The molecule has 0 spiro atoms. The topological polar surface area (TPSA) is 114 Å². The maximum absolute atomic E-state index is 5.96. The molecule has 1 saturated carbocycles. The van der Waals surface area contributed by atoms with Crippen LogP contribution in [0.15, 0.2) is 61.1 Å². The summed E-state index contributed by atoms with van der Waals surface area (Å²) >= 11 is 0. The second-order valence-electron chi connectivity index (χ2n) is 12.0. The number of hydrogen-bond donors (Lipinski definition) is 1. The molecule has 11 heteroatoms. The molecule has 0 aromatic carbocycles. The van der Waals surface area contributed by atoms with E-state index in [1.165, 1.54) is 12.0 Å². The number of aromatic nitrogens is 8. The molecule has 2 unspecified atom stereocenters. The van der Waals surface area contributed by atoms with Crippen LogP contribution in [0.5, 0.6) is 5.88 Å². The first kappa shape index (κ1) is 26.0. The van der Waals surface area contributed by atoms with E-state index in [0.29, 0.717) is 30.4 Å². The van der Waals surface area contributed by atoms with Crippen LogP contribution in [-0.2, 0) is 13.0 Å². The lowest BCUT2D eigenvalue weighted by Gasteiger charge is -2.56. The minimum Gasteiger partial charge on any atom is -0.474 e. The monoisotopic (exact) mass is 574 g/mol. The molecule has 1 aliphatic carbocycles. The Morgan fingerprint density at radius 1 is 0.907 bits per heavy atom. The van der Waals surface area contributed by atoms with E-state index in [1.54, 1.807) is 10.9 Å². The Labute approximate surface area is 250 Å². The summed E-state index contributed by atoms with van der Waals surface area (Å²) in [4.78, 5) is 24.0. The summed E-state index contributed by atoms with van der Waals surface area (Å²) in [6.07, 6.45) is 10.1. The number of H-pyrrole nitrogens is 1. The second-order valence-corrected chi connectivity index (χ2v) is 12.0. The van der Waals surface area contributed by atoms with Crippen molar-refractivity contribution in [3.05, 3.63) is 89.4 Å². The standard InChI is InChI=1S/C32H34N10O/c1-20-11-24(13-25-12-21(2)38-39-25)37-32(36-20)23-4-8-29(34-16-23)40-18-26-14-27(19-40)41(26)17-22-3-7-30(33-15-22)42-31(9-10-35-42)43-28-5-6-28/h3-4,7-12,15-16,26-28H,5-6,13-14,17-19H2,1-2H3,(H,38,39). The first-order valence-corrected chi connectivity index (χ1v) is 15.0. The molecular formula is C32H34N10O. The number of anilines is 1. The Morgan fingerprint density at radius 2 is 1.74 bits per heavy atom. The highest BCUT2D eigenvalue weighted by atomic mass is 16.5. The van der Waals surface area contributed by atoms with Crippen LogP contribution in [0.4, 0.5) is 5.82 Å². The van der Waals surface area contributed by atoms with E-state index in [1.807, 2.05) is 50.5 Å². The van der Waals surface area contributed by atoms with Crippen molar-refractivity contribution in [1.82, 2.24) is 44.8 Å². The summed E-state index contributed by atoms with van der Waals surface area (Å²) in [6, 6.07) is 15.4. The first-order valence-electron chi connectivity index (χ1n) is 15.0. The molecule has 3 aliphatic heterocycles. The molecule has 218 valence electrons. The smallest absolute Gasteiger partial charge is 0.218 e. The quantitative estimate of drug-likeness (QED) is 0.278. The third-order valence-electron chi connectivity index (χ3n) is 8.51. The van der Waals surface area contributed by atoms with Crippen molar-refractivity contribution in [3.8, 4) is 23.1 Å². The summed E-state index contributed by atoms with van der Waals surface area (Å²) in [5, 5.41) is 11.8. The lowest BCUT2D eigenvalue weighted by atomic mass is 9.87. The van der Waals surface area contributed by atoms with Gasteiger partial charge in [-0.15, -0.1) is 0 Å². The molecule has 8 heterocycles. The minimum absolute atomic E-state index is 0.325. The zero-order chi connectivity index (χ0) is 28.9. The van der Waals surface area contributed by atoms with Crippen molar-refractivity contribution < 1.29 is 4.74 Å². The molecule has 11 nitrogen and oxygen atoms in total. The number of nitrogens with one attached hydrogen (secondary N) is 1. The van der Waals surface area contributed by atoms with E-state index in [2.05, 4.69) is 48.3 Å². The third-order valence-corrected chi connectivity index (χ3v) is 8.51. The fourth-order valence-corrected chi connectivity index (χ4v) is 6.20. The molecule has 9 rings (SSSR count). The van der Waals surface area contributed by atoms with Gasteiger partial charge in [-0.05, 0) is 69.0 Å². The van der Waals surface area contributed by atoms with Crippen molar-refractivity contribution in [2.24, 2.45) is 0 Å². The Morgan fingerprint density at radius 3 is 2.47 bits per heavy atom. The van der Waals surface area contributed by atoms with Crippen LogP contribution in [0.2, 0.25) is 0 Å². The minimum atomic E-state index is 0.325. The van der Waals surface area contributed by atoms with Gasteiger partial charge in [-0.3, -0.25) is 10.00 Å². The summed E-state index contributed by atoms with van der Waals surface area (Å²) in [7, 11) is 0. The molecule has 5 aromatic heterocycles. The highest BCUT2D eigenvalue weighted by molar-refractivity contribution is 5.57. The van der Waals surface area contributed by atoms with Crippen molar-refractivity contribution >= 4 is 5.82 Å². The predicted molar refractivity (Wildman–Crippen MR) is 161 cm³/mol. The van der Waals surface area contributed by atoms with Crippen molar-refractivity contribution in [3.63, 3.8) is 0 Å². The van der Waals surface area contributed by atoms with Crippen LogP contribution in [0.1, 0.15) is 47.6 Å². The molecule has 43 heavy (non-hydrogen) atoms. The largest absolute Gasteiger partial charge is 0.474 e. The van der Waals surface area contributed by atoms with Crippen molar-refractivity contribution in [2.45, 2.75) is 64.3 Å². The van der Waals surface area contributed by atoms with Gasteiger partial charge in [0.1, 0.15) is 11.9 Å². The number of fused-ring (bicyclic) bond motifs is 2. The number of rotatable bonds is 9. The van der Waals surface area contributed by atoms with Gasteiger partial charge in [0, 0.05) is 73.6 Å². The maximum atomic E-state index is 5.96. The number of aromatic amines is 1. The van der Waals surface area contributed by atoms with E-state index in [4.69, 9.17) is 19.7 Å². The van der Waals surface area contributed by atoms with Gasteiger partial charge in [0.25, 0.3) is 0 Å². The molecule has 3 saturated heterocycles. The molecule has 0 amide bonds. The molecule has 2 atom stereocenters. The molecule has 2 bridgehead atoms. The summed E-state index contributed by atoms with van der Waals surface area (Å²) in [5.74, 6) is 3.26. The Balaban J connectivity index is 0.898. The number of hydrogen-bond acceptors (Lipinski definition) is 9. The molecule has 0 radical (unpaired) electrons. The molecule has 1 N–H and O–H groups in total. The van der Waals surface area contributed by atoms with Crippen LogP contribution in [0.25, 0.3) is 17.2 Å². The van der Waals surface area contributed by atoms with E-state index >= 15 is 0 Å². The number of ether oxygens (including phenoxy) is 1. The van der Waals surface area contributed by atoms with Gasteiger partial charge in [0.15, 0.2) is 11.6 Å². The Bertz CT molecular complexity index is 1730. The third kappa shape index (κ3) is 5.36. The van der Waals surface area contributed by atoms with E-state index < -0.39 is 0 Å². The lowest BCUT2D eigenvalue weighted by Crippen LogP contribution is -2.68. The zero-order valence-corrected chi connectivity index (χ0v) is 24.4. The first-order chi connectivity index (χ1) is 21.0. The number of piperazine rings is 1. The van der Waals surface area contributed by atoms with Crippen LogP contribution in [0, 0.1) is 13.8 Å². The SMILES string of the molecule is Cc1cc(Cc2cc(C)[nH]n2)nc(-c2ccc(N3CC4CC(C3)N4Cc3ccc(-n4nccc4OC4CC4)nc3)nc2)n1. The van der Waals surface area contributed by atoms with Crippen LogP contribution in [0.3, 0.4) is 0 Å². The fraction of sp³-hybridized carbons (Fsp3) is 0.375. The predicted octanol–water partition coefficient (Wildman–Crippen LogP) is 4.05. The van der Waals surface area contributed by atoms with Gasteiger partial charge >= 0.3 is 0 Å². The van der Waals surface area contributed by atoms with E-state index in [-0.39, 0.29) is 0 Å². The number of nitrogens with zero attached hydrogens (tertiary/aromatic N) is 9.